The van der Waals surface area contributed by atoms with Crippen molar-refractivity contribution in [2.24, 2.45) is 0 Å². The second-order valence-electron chi connectivity index (χ2n) is 9.81. The van der Waals surface area contributed by atoms with Crippen LogP contribution in [0.2, 0.25) is 0 Å². The van der Waals surface area contributed by atoms with Crippen LogP contribution in [0.1, 0.15) is 73.6 Å². The van der Waals surface area contributed by atoms with Crippen LogP contribution >= 0.6 is 0 Å². The lowest BCUT2D eigenvalue weighted by molar-refractivity contribution is 0.158. The van der Waals surface area contributed by atoms with Gasteiger partial charge in [-0.3, -0.25) is 9.69 Å². The molecular weight excluding hydrogens is 452 g/mol. The Bertz CT molecular complexity index is 1370. The van der Waals surface area contributed by atoms with Gasteiger partial charge in [-0.2, -0.15) is 0 Å². The van der Waals surface area contributed by atoms with Crippen molar-refractivity contribution in [1.29, 1.82) is 0 Å². The molecule has 0 unspecified atom stereocenters. The Labute approximate surface area is 211 Å². The predicted molar refractivity (Wildman–Crippen MR) is 140 cm³/mol. The molecule has 1 saturated carbocycles. The quantitative estimate of drug-likeness (QED) is 0.354. The lowest BCUT2D eigenvalue weighted by atomic mass is 10.1. The molecular formula is C28H34N6O2. The number of pyridine rings is 1. The normalized spacial score (nSPS) is 15.1. The summed E-state index contributed by atoms with van der Waals surface area (Å²) in [5.41, 5.74) is 3.82. The van der Waals surface area contributed by atoms with Gasteiger partial charge in [-0.15, -0.1) is 5.10 Å². The monoisotopic (exact) mass is 486 g/mol. The number of rotatable bonds is 9. The zero-order valence-corrected chi connectivity index (χ0v) is 21.3. The summed E-state index contributed by atoms with van der Waals surface area (Å²) in [6, 6.07) is 16.7. The van der Waals surface area contributed by atoms with E-state index in [4.69, 9.17) is 4.74 Å². The highest BCUT2D eigenvalue weighted by atomic mass is 16.5. The van der Waals surface area contributed by atoms with Crippen molar-refractivity contribution in [1.82, 2.24) is 30.1 Å². The van der Waals surface area contributed by atoms with Gasteiger partial charge in [-0.1, -0.05) is 49.6 Å². The van der Waals surface area contributed by atoms with E-state index >= 15 is 0 Å². The lowest BCUT2D eigenvalue weighted by Crippen LogP contribution is -2.32. The molecule has 5 rings (SSSR count). The standard InChI is InChI=1S/C28H34N6O2/c1-4-26(27-30-31-32-34(27)23-7-5-6-8-23)33(17-20-11-9-19(2)10-12-20)18-22-15-21-13-14-24(36-3)16-25(21)29-28(22)35/h9-16,23,26H,4-8,17-18H2,1-3H3,(H,29,35)/t26-/m0/s1. The third-order valence-corrected chi connectivity index (χ3v) is 7.32. The van der Waals surface area contributed by atoms with Crippen LogP contribution < -0.4 is 10.3 Å². The van der Waals surface area contributed by atoms with Gasteiger partial charge in [-0.25, -0.2) is 4.68 Å². The molecule has 0 saturated heterocycles. The molecule has 1 atom stereocenters. The molecule has 0 radical (unpaired) electrons. The topological polar surface area (TPSA) is 88.9 Å². The van der Waals surface area contributed by atoms with Crippen LogP contribution in [-0.2, 0) is 13.1 Å². The number of ether oxygens (including phenoxy) is 1. The summed E-state index contributed by atoms with van der Waals surface area (Å²) in [5.74, 6) is 1.61. The number of tetrazole rings is 1. The van der Waals surface area contributed by atoms with Crippen LogP contribution in [0.15, 0.2) is 53.3 Å². The number of H-pyrrole nitrogens is 1. The number of hydrogen-bond acceptors (Lipinski definition) is 6. The molecule has 1 aliphatic carbocycles. The number of nitrogens with zero attached hydrogens (tertiary/aromatic N) is 5. The Morgan fingerprint density at radius 3 is 2.61 bits per heavy atom. The summed E-state index contributed by atoms with van der Waals surface area (Å²) < 4.78 is 7.36. The molecule has 0 bridgehead atoms. The Hall–Kier alpha value is -3.52. The number of methoxy groups -OCH3 is 1. The molecule has 8 heteroatoms. The zero-order valence-electron chi connectivity index (χ0n) is 21.3. The molecule has 0 spiro atoms. The van der Waals surface area contributed by atoms with E-state index in [0.29, 0.717) is 19.1 Å². The van der Waals surface area contributed by atoms with Crippen molar-refractivity contribution in [2.75, 3.05) is 7.11 Å². The summed E-state index contributed by atoms with van der Waals surface area (Å²) in [6.07, 6.45) is 5.48. The maximum atomic E-state index is 13.2. The molecule has 2 heterocycles. The summed E-state index contributed by atoms with van der Waals surface area (Å²) in [5, 5.41) is 14.0. The molecule has 0 aliphatic heterocycles. The number of nitrogens with one attached hydrogen (secondary N) is 1. The van der Waals surface area contributed by atoms with Crippen molar-refractivity contribution >= 4 is 10.9 Å². The molecule has 36 heavy (non-hydrogen) atoms. The van der Waals surface area contributed by atoms with Crippen LogP contribution in [0.4, 0.5) is 0 Å². The van der Waals surface area contributed by atoms with Crippen molar-refractivity contribution in [2.45, 2.75) is 71.1 Å². The smallest absolute Gasteiger partial charge is 0.252 e. The number of aromatic amines is 1. The molecule has 2 aromatic heterocycles. The molecule has 2 aromatic carbocycles. The minimum atomic E-state index is -0.0881. The highest BCUT2D eigenvalue weighted by molar-refractivity contribution is 5.80. The predicted octanol–water partition coefficient (Wildman–Crippen LogP) is 5.10. The van der Waals surface area contributed by atoms with Gasteiger partial charge in [0.15, 0.2) is 5.82 Å². The van der Waals surface area contributed by atoms with Gasteiger partial charge in [0.2, 0.25) is 0 Å². The van der Waals surface area contributed by atoms with E-state index in [9.17, 15) is 4.79 Å². The molecule has 1 N–H and O–H groups in total. The van der Waals surface area contributed by atoms with Crippen LogP contribution in [0.5, 0.6) is 5.75 Å². The Morgan fingerprint density at radius 1 is 1.11 bits per heavy atom. The molecule has 1 fully saturated rings. The van der Waals surface area contributed by atoms with Crippen LogP contribution in [0.3, 0.4) is 0 Å². The fourth-order valence-corrected chi connectivity index (χ4v) is 5.33. The number of fused-ring (bicyclic) bond motifs is 1. The largest absolute Gasteiger partial charge is 0.497 e. The van der Waals surface area contributed by atoms with Gasteiger partial charge >= 0.3 is 0 Å². The summed E-state index contributed by atoms with van der Waals surface area (Å²) in [7, 11) is 1.63. The highest BCUT2D eigenvalue weighted by Crippen LogP contribution is 2.33. The molecule has 0 amide bonds. The molecule has 1 aliphatic rings. The van der Waals surface area contributed by atoms with Crippen LogP contribution in [0.25, 0.3) is 10.9 Å². The molecule has 8 nitrogen and oxygen atoms in total. The third kappa shape index (κ3) is 5.04. The van der Waals surface area contributed by atoms with Crippen molar-refractivity contribution < 1.29 is 4.74 Å². The Balaban J connectivity index is 1.52. The van der Waals surface area contributed by atoms with Crippen molar-refractivity contribution in [3.05, 3.63) is 81.4 Å². The van der Waals surface area contributed by atoms with E-state index in [1.54, 1.807) is 7.11 Å². The first kappa shape index (κ1) is 24.2. The highest BCUT2D eigenvalue weighted by Gasteiger charge is 2.29. The van der Waals surface area contributed by atoms with Gasteiger partial charge in [0.25, 0.3) is 5.56 Å². The van der Waals surface area contributed by atoms with E-state index in [1.165, 1.54) is 24.0 Å². The first-order valence-corrected chi connectivity index (χ1v) is 12.8. The van der Waals surface area contributed by atoms with Crippen LogP contribution in [-0.4, -0.2) is 37.2 Å². The van der Waals surface area contributed by atoms with E-state index in [0.717, 1.165) is 47.3 Å². The maximum Gasteiger partial charge on any atom is 0.252 e. The van der Waals surface area contributed by atoms with Gasteiger partial charge in [0.1, 0.15) is 5.75 Å². The maximum absolute atomic E-state index is 13.2. The van der Waals surface area contributed by atoms with E-state index in [2.05, 4.69) is 63.5 Å². The summed E-state index contributed by atoms with van der Waals surface area (Å²) in [4.78, 5) is 18.6. The summed E-state index contributed by atoms with van der Waals surface area (Å²) in [6.45, 7) is 5.44. The molecule has 4 aromatic rings. The van der Waals surface area contributed by atoms with Crippen molar-refractivity contribution in [3.63, 3.8) is 0 Å². The Kier molecular flexibility index (Phi) is 7.13. The van der Waals surface area contributed by atoms with Gasteiger partial charge in [0, 0.05) is 24.7 Å². The first-order chi connectivity index (χ1) is 17.6. The SMILES string of the molecule is CC[C@@H](c1nnnn1C1CCCC1)N(Cc1ccc(C)cc1)Cc1cc2ccc(OC)cc2[nH]c1=O. The van der Waals surface area contributed by atoms with Crippen molar-refractivity contribution in [3.8, 4) is 5.75 Å². The second-order valence-corrected chi connectivity index (χ2v) is 9.81. The molecule has 188 valence electrons. The average molecular weight is 487 g/mol. The zero-order chi connectivity index (χ0) is 25.1. The number of aryl methyl sites for hydroxylation is 1. The van der Waals surface area contributed by atoms with Gasteiger partial charge in [0.05, 0.1) is 24.7 Å². The fraction of sp³-hybridized carbons (Fsp3) is 0.429. The average Bonchev–Trinajstić information content (AvgIpc) is 3.58. The second kappa shape index (κ2) is 10.6. The van der Waals surface area contributed by atoms with E-state index < -0.39 is 0 Å². The van der Waals surface area contributed by atoms with E-state index in [-0.39, 0.29) is 11.6 Å². The van der Waals surface area contributed by atoms with Crippen LogP contribution in [0, 0.1) is 6.92 Å². The van der Waals surface area contributed by atoms with Gasteiger partial charge in [-0.05, 0) is 65.8 Å². The van der Waals surface area contributed by atoms with Gasteiger partial charge < -0.3 is 9.72 Å². The number of benzene rings is 2. The number of aromatic nitrogens is 5. The third-order valence-electron chi connectivity index (χ3n) is 7.32. The van der Waals surface area contributed by atoms with E-state index in [1.807, 2.05) is 28.9 Å². The number of hydrogen-bond donors (Lipinski definition) is 1. The Morgan fingerprint density at radius 2 is 1.89 bits per heavy atom. The summed E-state index contributed by atoms with van der Waals surface area (Å²) >= 11 is 0. The minimum absolute atomic E-state index is 0.0205. The minimum Gasteiger partial charge on any atom is -0.497 e. The fourth-order valence-electron chi connectivity index (χ4n) is 5.33. The lowest BCUT2D eigenvalue weighted by Gasteiger charge is -2.31. The first-order valence-electron chi connectivity index (χ1n) is 12.8.